The number of carbonyl (C=O) groups excluding carboxylic acids is 1. The fourth-order valence-electron chi connectivity index (χ4n) is 3.88. The molecule has 1 aliphatic heterocycles. The lowest BCUT2D eigenvalue weighted by Crippen LogP contribution is -2.40. The molecule has 1 amide bonds. The molecule has 0 radical (unpaired) electrons. The Labute approximate surface area is 122 Å². The number of benzene rings is 1. The van der Waals surface area contributed by atoms with Crippen molar-refractivity contribution in [3.63, 3.8) is 0 Å². The third kappa shape index (κ3) is 2.89. The van der Waals surface area contributed by atoms with Crippen molar-refractivity contribution in [2.75, 3.05) is 13.1 Å². The first kappa shape index (κ1) is 13.7. The van der Waals surface area contributed by atoms with Gasteiger partial charge in [0.25, 0.3) is 0 Å². The van der Waals surface area contributed by atoms with Crippen molar-refractivity contribution >= 4 is 5.91 Å². The molecule has 1 aliphatic carbocycles. The van der Waals surface area contributed by atoms with E-state index >= 15 is 0 Å². The standard InChI is InChI=1S/C18H25NO/c20-18(19-13-7-2-8-14-19)17(16-11-5-6-12-16)15-9-3-1-4-10-15/h1,3-4,9-10,16-17H,2,5-8,11-14H2. The van der Waals surface area contributed by atoms with Gasteiger partial charge in [-0.05, 0) is 43.6 Å². The zero-order valence-corrected chi connectivity index (χ0v) is 12.3. The van der Waals surface area contributed by atoms with Crippen LogP contribution >= 0.6 is 0 Å². The fourth-order valence-corrected chi connectivity index (χ4v) is 3.88. The Morgan fingerprint density at radius 1 is 0.950 bits per heavy atom. The van der Waals surface area contributed by atoms with Gasteiger partial charge in [0.2, 0.25) is 5.91 Å². The molecule has 1 atom stereocenters. The van der Waals surface area contributed by atoms with E-state index < -0.39 is 0 Å². The van der Waals surface area contributed by atoms with E-state index in [1.165, 1.54) is 50.5 Å². The van der Waals surface area contributed by atoms with E-state index in [2.05, 4.69) is 29.2 Å². The van der Waals surface area contributed by atoms with Crippen molar-refractivity contribution in [1.29, 1.82) is 0 Å². The third-order valence-corrected chi connectivity index (χ3v) is 4.96. The lowest BCUT2D eigenvalue weighted by atomic mass is 9.83. The zero-order chi connectivity index (χ0) is 13.8. The van der Waals surface area contributed by atoms with Crippen molar-refractivity contribution in [3.05, 3.63) is 35.9 Å². The van der Waals surface area contributed by atoms with Crippen LogP contribution in [-0.4, -0.2) is 23.9 Å². The molecule has 1 saturated heterocycles. The van der Waals surface area contributed by atoms with E-state index in [1.807, 2.05) is 6.07 Å². The van der Waals surface area contributed by atoms with Crippen molar-refractivity contribution in [2.24, 2.45) is 5.92 Å². The number of nitrogens with zero attached hydrogens (tertiary/aromatic N) is 1. The van der Waals surface area contributed by atoms with Crippen LogP contribution in [0.15, 0.2) is 30.3 Å². The molecule has 0 spiro atoms. The van der Waals surface area contributed by atoms with Gasteiger partial charge in [-0.15, -0.1) is 0 Å². The van der Waals surface area contributed by atoms with Gasteiger partial charge < -0.3 is 4.90 Å². The molecule has 3 rings (SSSR count). The van der Waals surface area contributed by atoms with Gasteiger partial charge in [0.15, 0.2) is 0 Å². The molecule has 2 aliphatic rings. The van der Waals surface area contributed by atoms with Gasteiger partial charge in [-0.25, -0.2) is 0 Å². The summed E-state index contributed by atoms with van der Waals surface area (Å²) in [4.78, 5) is 15.1. The van der Waals surface area contributed by atoms with Gasteiger partial charge in [-0.1, -0.05) is 43.2 Å². The van der Waals surface area contributed by atoms with Crippen molar-refractivity contribution in [1.82, 2.24) is 4.90 Å². The van der Waals surface area contributed by atoms with Crippen LogP contribution in [0, 0.1) is 5.92 Å². The maximum atomic E-state index is 13.0. The van der Waals surface area contributed by atoms with E-state index in [0.29, 0.717) is 11.8 Å². The Hall–Kier alpha value is -1.31. The molecule has 20 heavy (non-hydrogen) atoms. The number of likely N-dealkylation sites (tertiary alicyclic amines) is 1. The fraction of sp³-hybridized carbons (Fsp3) is 0.611. The summed E-state index contributed by atoms with van der Waals surface area (Å²) < 4.78 is 0. The predicted octanol–water partition coefficient (Wildman–Crippen LogP) is 3.97. The number of rotatable bonds is 3. The second-order valence-corrected chi connectivity index (χ2v) is 6.32. The van der Waals surface area contributed by atoms with Crippen LogP contribution in [0.3, 0.4) is 0 Å². The van der Waals surface area contributed by atoms with Gasteiger partial charge in [0.05, 0.1) is 5.92 Å². The minimum atomic E-state index is 0.108. The van der Waals surface area contributed by atoms with Crippen molar-refractivity contribution in [2.45, 2.75) is 50.9 Å². The second-order valence-electron chi connectivity index (χ2n) is 6.32. The molecular weight excluding hydrogens is 246 g/mol. The molecule has 2 heteroatoms. The molecule has 0 N–H and O–H groups in total. The molecule has 108 valence electrons. The minimum absolute atomic E-state index is 0.108. The summed E-state index contributed by atoms with van der Waals surface area (Å²) in [6.45, 7) is 1.93. The molecule has 2 nitrogen and oxygen atoms in total. The van der Waals surface area contributed by atoms with Crippen LogP contribution < -0.4 is 0 Å². The Morgan fingerprint density at radius 3 is 2.25 bits per heavy atom. The van der Waals surface area contributed by atoms with Gasteiger partial charge in [-0.3, -0.25) is 4.79 Å². The largest absolute Gasteiger partial charge is 0.342 e. The smallest absolute Gasteiger partial charge is 0.230 e. The first-order valence-corrected chi connectivity index (χ1v) is 8.20. The second kappa shape index (κ2) is 6.43. The van der Waals surface area contributed by atoms with E-state index in [4.69, 9.17) is 0 Å². The molecule has 0 bridgehead atoms. The summed E-state index contributed by atoms with van der Waals surface area (Å²) in [5.74, 6) is 1.06. The van der Waals surface area contributed by atoms with Crippen LogP contribution in [0.2, 0.25) is 0 Å². The van der Waals surface area contributed by atoms with E-state index in [0.717, 1.165) is 13.1 Å². The van der Waals surface area contributed by atoms with Gasteiger partial charge in [0, 0.05) is 13.1 Å². The summed E-state index contributed by atoms with van der Waals surface area (Å²) in [7, 11) is 0. The number of piperidine rings is 1. The maximum absolute atomic E-state index is 13.0. The molecule has 1 saturated carbocycles. The number of amides is 1. The average Bonchev–Trinajstić information content (AvgIpc) is 3.03. The highest BCUT2D eigenvalue weighted by atomic mass is 16.2. The van der Waals surface area contributed by atoms with Crippen LogP contribution in [0.5, 0.6) is 0 Å². The summed E-state index contributed by atoms with van der Waals surface area (Å²) in [5.41, 5.74) is 1.23. The van der Waals surface area contributed by atoms with Gasteiger partial charge in [0.1, 0.15) is 0 Å². The lowest BCUT2D eigenvalue weighted by Gasteiger charge is -2.33. The Kier molecular flexibility index (Phi) is 4.39. The SMILES string of the molecule is O=C(C(c1ccccc1)C1CCCC1)N1CCCCC1. The average molecular weight is 271 g/mol. The Balaban J connectivity index is 1.82. The monoisotopic (exact) mass is 271 g/mol. The minimum Gasteiger partial charge on any atom is -0.342 e. The summed E-state index contributed by atoms with van der Waals surface area (Å²) in [6.07, 6.45) is 8.67. The maximum Gasteiger partial charge on any atom is 0.230 e. The summed E-state index contributed by atoms with van der Waals surface area (Å²) in [5, 5.41) is 0. The topological polar surface area (TPSA) is 20.3 Å². The molecule has 1 unspecified atom stereocenters. The normalized spacial score (nSPS) is 21.9. The van der Waals surface area contributed by atoms with Crippen molar-refractivity contribution in [3.8, 4) is 0 Å². The van der Waals surface area contributed by atoms with E-state index in [1.54, 1.807) is 0 Å². The van der Waals surface area contributed by atoms with Crippen molar-refractivity contribution < 1.29 is 4.79 Å². The molecule has 1 aromatic rings. The molecule has 2 fully saturated rings. The Bertz CT molecular complexity index is 430. The quantitative estimate of drug-likeness (QED) is 0.814. The highest BCUT2D eigenvalue weighted by molar-refractivity contribution is 5.84. The van der Waals surface area contributed by atoms with Crippen LogP contribution in [0.25, 0.3) is 0 Å². The summed E-state index contributed by atoms with van der Waals surface area (Å²) in [6, 6.07) is 10.5. The van der Waals surface area contributed by atoms with Crippen LogP contribution in [-0.2, 0) is 4.79 Å². The highest BCUT2D eigenvalue weighted by Crippen LogP contribution is 2.38. The van der Waals surface area contributed by atoms with Crippen LogP contribution in [0.4, 0.5) is 0 Å². The molecule has 1 heterocycles. The summed E-state index contributed by atoms with van der Waals surface area (Å²) >= 11 is 0. The number of hydrogen-bond acceptors (Lipinski definition) is 1. The lowest BCUT2D eigenvalue weighted by molar-refractivity contribution is -0.135. The highest BCUT2D eigenvalue weighted by Gasteiger charge is 2.34. The predicted molar refractivity (Wildman–Crippen MR) is 81.6 cm³/mol. The van der Waals surface area contributed by atoms with E-state index in [9.17, 15) is 4.79 Å². The van der Waals surface area contributed by atoms with Crippen LogP contribution in [0.1, 0.15) is 56.4 Å². The molecular formula is C18H25NO. The Morgan fingerprint density at radius 2 is 1.60 bits per heavy atom. The molecule has 0 aromatic heterocycles. The van der Waals surface area contributed by atoms with Gasteiger partial charge in [-0.2, -0.15) is 0 Å². The zero-order valence-electron chi connectivity index (χ0n) is 12.3. The van der Waals surface area contributed by atoms with E-state index in [-0.39, 0.29) is 5.92 Å². The number of hydrogen-bond donors (Lipinski definition) is 0. The molecule has 1 aromatic carbocycles. The third-order valence-electron chi connectivity index (χ3n) is 4.96. The number of carbonyl (C=O) groups is 1. The first-order chi connectivity index (χ1) is 9.86. The first-order valence-electron chi connectivity index (χ1n) is 8.20. The van der Waals surface area contributed by atoms with Gasteiger partial charge >= 0.3 is 0 Å².